The van der Waals surface area contributed by atoms with Crippen molar-refractivity contribution >= 4 is 5.91 Å². The van der Waals surface area contributed by atoms with E-state index in [1.54, 1.807) is 0 Å². The molecular weight excluding hydrogens is 306 g/mol. The van der Waals surface area contributed by atoms with Crippen molar-refractivity contribution in [3.05, 3.63) is 47.6 Å². The maximum atomic E-state index is 12.2. The predicted octanol–water partition coefficient (Wildman–Crippen LogP) is 0.524. The number of benzene rings is 1. The van der Waals surface area contributed by atoms with Crippen molar-refractivity contribution in [1.82, 2.24) is 25.3 Å². The molecule has 1 amide bonds. The van der Waals surface area contributed by atoms with E-state index in [9.17, 15) is 4.79 Å². The van der Waals surface area contributed by atoms with E-state index < -0.39 is 0 Å². The van der Waals surface area contributed by atoms with Gasteiger partial charge in [-0.2, -0.15) is 4.98 Å². The van der Waals surface area contributed by atoms with Gasteiger partial charge in [-0.25, -0.2) is 0 Å². The third-order valence-corrected chi connectivity index (χ3v) is 4.00. The number of likely N-dealkylation sites (N-methyl/N-ethyl adjacent to an activating group) is 1. The Morgan fingerprint density at radius 3 is 2.79 bits per heavy atom. The zero-order chi connectivity index (χ0) is 16.8. The van der Waals surface area contributed by atoms with Gasteiger partial charge in [-0.15, -0.1) is 0 Å². The maximum Gasteiger partial charge on any atom is 0.240 e. The van der Waals surface area contributed by atoms with Crippen LogP contribution in [0.5, 0.6) is 0 Å². The fourth-order valence-electron chi connectivity index (χ4n) is 2.74. The van der Waals surface area contributed by atoms with Gasteiger partial charge in [0.05, 0.1) is 13.1 Å². The van der Waals surface area contributed by atoms with Crippen molar-refractivity contribution in [3.8, 4) is 0 Å². The molecule has 1 saturated heterocycles. The van der Waals surface area contributed by atoms with Gasteiger partial charge in [0.1, 0.15) is 0 Å². The Morgan fingerprint density at radius 2 is 2.04 bits per heavy atom. The SMILES string of the molecule is CN(CC(=O)N1CCNCC1)Cc1nc(Cc2ccccc2)no1. The summed E-state index contributed by atoms with van der Waals surface area (Å²) >= 11 is 0. The second-order valence-corrected chi connectivity index (χ2v) is 6.07. The normalized spacial score (nSPS) is 15.0. The molecule has 0 bridgehead atoms. The Labute approximate surface area is 141 Å². The number of carbonyl (C=O) groups excluding carboxylic acids is 1. The first-order valence-corrected chi connectivity index (χ1v) is 8.23. The van der Waals surface area contributed by atoms with Crippen molar-refractivity contribution < 1.29 is 9.32 Å². The molecule has 1 fully saturated rings. The number of aromatic nitrogens is 2. The molecule has 0 aliphatic carbocycles. The first-order valence-electron chi connectivity index (χ1n) is 8.23. The first-order chi connectivity index (χ1) is 11.7. The van der Waals surface area contributed by atoms with E-state index in [2.05, 4.69) is 15.5 Å². The number of piperazine rings is 1. The highest BCUT2D eigenvalue weighted by atomic mass is 16.5. The van der Waals surface area contributed by atoms with Crippen LogP contribution in [0.2, 0.25) is 0 Å². The molecule has 0 radical (unpaired) electrons. The van der Waals surface area contributed by atoms with Crippen molar-refractivity contribution in [2.45, 2.75) is 13.0 Å². The zero-order valence-corrected chi connectivity index (χ0v) is 13.9. The van der Waals surface area contributed by atoms with Gasteiger partial charge in [-0.3, -0.25) is 9.69 Å². The molecule has 1 aromatic heterocycles. The molecule has 0 spiro atoms. The average Bonchev–Trinajstić information content (AvgIpc) is 3.03. The Kier molecular flexibility index (Phi) is 5.55. The topological polar surface area (TPSA) is 74.5 Å². The number of amides is 1. The van der Waals surface area contributed by atoms with Gasteiger partial charge in [-0.1, -0.05) is 35.5 Å². The summed E-state index contributed by atoms with van der Waals surface area (Å²) in [5.41, 5.74) is 1.15. The lowest BCUT2D eigenvalue weighted by Crippen LogP contribution is -2.49. The number of nitrogens with one attached hydrogen (secondary N) is 1. The van der Waals surface area contributed by atoms with E-state index in [-0.39, 0.29) is 5.91 Å². The number of hydrogen-bond donors (Lipinski definition) is 1. The quantitative estimate of drug-likeness (QED) is 0.833. The second-order valence-electron chi connectivity index (χ2n) is 6.07. The van der Waals surface area contributed by atoms with Crippen LogP contribution in [0.15, 0.2) is 34.9 Å². The van der Waals surface area contributed by atoms with Crippen LogP contribution in [0.3, 0.4) is 0 Å². The number of rotatable bonds is 6. The highest BCUT2D eigenvalue weighted by Crippen LogP contribution is 2.08. The molecule has 0 atom stereocenters. The largest absolute Gasteiger partial charge is 0.339 e. The molecule has 7 heteroatoms. The van der Waals surface area contributed by atoms with Crippen molar-refractivity contribution in [3.63, 3.8) is 0 Å². The molecule has 0 saturated carbocycles. The van der Waals surface area contributed by atoms with Crippen LogP contribution in [0.25, 0.3) is 0 Å². The van der Waals surface area contributed by atoms with Crippen LogP contribution in [-0.4, -0.2) is 65.6 Å². The van der Waals surface area contributed by atoms with Crippen LogP contribution in [0.1, 0.15) is 17.3 Å². The predicted molar refractivity (Wildman–Crippen MR) is 89.3 cm³/mol. The van der Waals surface area contributed by atoms with E-state index in [1.807, 2.05) is 47.2 Å². The van der Waals surface area contributed by atoms with E-state index in [0.29, 0.717) is 31.2 Å². The summed E-state index contributed by atoms with van der Waals surface area (Å²) in [5, 5.41) is 7.26. The van der Waals surface area contributed by atoms with E-state index in [1.165, 1.54) is 0 Å². The van der Waals surface area contributed by atoms with Crippen LogP contribution in [0, 0.1) is 0 Å². The minimum Gasteiger partial charge on any atom is -0.339 e. The van der Waals surface area contributed by atoms with Gasteiger partial charge >= 0.3 is 0 Å². The number of hydrogen-bond acceptors (Lipinski definition) is 6. The molecule has 2 aromatic rings. The molecule has 7 nitrogen and oxygen atoms in total. The lowest BCUT2D eigenvalue weighted by atomic mass is 10.1. The highest BCUT2D eigenvalue weighted by molar-refractivity contribution is 5.78. The number of nitrogens with zero attached hydrogens (tertiary/aromatic N) is 4. The van der Waals surface area contributed by atoms with Gasteiger partial charge in [0.2, 0.25) is 11.8 Å². The molecule has 3 rings (SSSR count). The summed E-state index contributed by atoms with van der Waals surface area (Å²) in [6.45, 7) is 4.10. The van der Waals surface area contributed by atoms with Gasteiger partial charge in [0, 0.05) is 32.6 Å². The fraction of sp³-hybridized carbons (Fsp3) is 0.471. The Bertz CT molecular complexity index is 652. The average molecular weight is 329 g/mol. The summed E-state index contributed by atoms with van der Waals surface area (Å²) in [6, 6.07) is 10.0. The monoisotopic (exact) mass is 329 g/mol. The molecule has 1 N–H and O–H groups in total. The van der Waals surface area contributed by atoms with Gasteiger partial charge in [0.15, 0.2) is 5.82 Å². The van der Waals surface area contributed by atoms with E-state index in [4.69, 9.17) is 4.52 Å². The zero-order valence-electron chi connectivity index (χ0n) is 13.9. The first kappa shape index (κ1) is 16.6. The fourth-order valence-corrected chi connectivity index (χ4v) is 2.74. The molecule has 1 aliphatic heterocycles. The van der Waals surface area contributed by atoms with E-state index in [0.717, 1.165) is 31.7 Å². The molecule has 1 aliphatic rings. The Morgan fingerprint density at radius 1 is 1.29 bits per heavy atom. The highest BCUT2D eigenvalue weighted by Gasteiger charge is 2.18. The van der Waals surface area contributed by atoms with Crippen molar-refractivity contribution in [2.75, 3.05) is 39.8 Å². The Hall–Kier alpha value is -2.25. The van der Waals surface area contributed by atoms with Gasteiger partial charge in [-0.05, 0) is 12.6 Å². The van der Waals surface area contributed by atoms with Crippen LogP contribution < -0.4 is 5.32 Å². The minimum absolute atomic E-state index is 0.142. The van der Waals surface area contributed by atoms with Crippen molar-refractivity contribution in [2.24, 2.45) is 0 Å². The summed E-state index contributed by atoms with van der Waals surface area (Å²) in [4.78, 5) is 20.4. The molecule has 2 heterocycles. The molecular formula is C17H23N5O2. The summed E-state index contributed by atoms with van der Waals surface area (Å²) < 4.78 is 5.30. The number of carbonyl (C=O) groups is 1. The summed E-state index contributed by atoms with van der Waals surface area (Å²) in [7, 11) is 1.89. The lowest BCUT2D eigenvalue weighted by molar-refractivity contribution is -0.132. The molecule has 0 unspecified atom stereocenters. The standard InChI is InChI=1S/C17H23N5O2/c1-21(13-17(23)22-9-7-18-8-10-22)12-16-19-15(20-24-16)11-14-5-3-2-4-6-14/h2-6,18H,7-13H2,1H3. The van der Waals surface area contributed by atoms with Crippen molar-refractivity contribution in [1.29, 1.82) is 0 Å². The smallest absolute Gasteiger partial charge is 0.240 e. The second kappa shape index (κ2) is 8.03. The third kappa shape index (κ3) is 4.62. The van der Waals surface area contributed by atoms with E-state index >= 15 is 0 Å². The summed E-state index contributed by atoms with van der Waals surface area (Å²) in [6.07, 6.45) is 0.647. The molecule has 24 heavy (non-hydrogen) atoms. The maximum absolute atomic E-state index is 12.2. The van der Waals surface area contributed by atoms with Crippen LogP contribution in [0.4, 0.5) is 0 Å². The Balaban J connectivity index is 1.49. The summed E-state index contributed by atoms with van der Waals surface area (Å²) in [5.74, 6) is 1.34. The molecule has 1 aromatic carbocycles. The van der Waals surface area contributed by atoms with Gasteiger partial charge in [0.25, 0.3) is 0 Å². The molecule has 128 valence electrons. The van der Waals surface area contributed by atoms with Crippen LogP contribution in [-0.2, 0) is 17.8 Å². The van der Waals surface area contributed by atoms with Crippen LogP contribution >= 0.6 is 0 Å². The lowest BCUT2D eigenvalue weighted by Gasteiger charge is -2.28. The minimum atomic E-state index is 0.142. The third-order valence-electron chi connectivity index (χ3n) is 4.00. The van der Waals surface area contributed by atoms with Gasteiger partial charge < -0.3 is 14.7 Å².